The average Bonchev–Trinajstić information content (AvgIpc) is 3.04. The number of rotatable bonds is 4. The number of hydrogen-bond donors (Lipinski definition) is 1. The van der Waals surface area contributed by atoms with Gasteiger partial charge in [0.25, 0.3) is 10.0 Å². The zero-order valence-electron chi connectivity index (χ0n) is 18.4. The average molecular weight is 445 g/mol. The van der Waals surface area contributed by atoms with Gasteiger partial charge in [-0.2, -0.15) is 8.42 Å². The van der Waals surface area contributed by atoms with Crippen LogP contribution in [-0.4, -0.2) is 68.7 Å². The smallest absolute Gasteiger partial charge is 0.285 e. The number of fused-ring (bicyclic) bond motifs is 1. The van der Waals surface area contributed by atoms with Crippen molar-refractivity contribution in [2.75, 3.05) is 32.7 Å². The largest absolute Gasteiger partial charge is 0.355 e. The fraction of sp³-hybridized carbons (Fsp3) is 0.565. The minimum atomic E-state index is -3.61. The van der Waals surface area contributed by atoms with E-state index in [0.717, 1.165) is 32.5 Å². The highest BCUT2D eigenvalue weighted by Gasteiger charge is 2.34. The summed E-state index contributed by atoms with van der Waals surface area (Å²) in [6.45, 7) is 8.54. The molecule has 0 radical (unpaired) electrons. The number of carbonyl (C=O) groups is 1. The number of nitrogens with one attached hydrogen (secondary N) is 1. The first-order chi connectivity index (χ1) is 14.8. The lowest BCUT2D eigenvalue weighted by Gasteiger charge is -2.35. The summed E-state index contributed by atoms with van der Waals surface area (Å²) >= 11 is 0. The van der Waals surface area contributed by atoms with E-state index in [9.17, 15) is 13.2 Å². The number of nitrogens with zero attached hydrogens (tertiary/aromatic N) is 3. The molecule has 3 aliphatic heterocycles. The van der Waals surface area contributed by atoms with Gasteiger partial charge in [0.1, 0.15) is 4.90 Å². The zero-order valence-corrected chi connectivity index (χ0v) is 19.2. The van der Waals surface area contributed by atoms with Crippen molar-refractivity contribution in [3.63, 3.8) is 0 Å². The highest BCUT2D eigenvalue weighted by molar-refractivity contribution is 7.90. The highest BCUT2D eigenvalue weighted by atomic mass is 32.2. The predicted octanol–water partition coefficient (Wildman–Crippen LogP) is 2.39. The van der Waals surface area contributed by atoms with Gasteiger partial charge in [-0.1, -0.05) is 23.8 Å². The van der Waals surface area contributed by atoms with Gasteiger partial charge in [-0.05, 0) is 51.7 Å². The molecule has 0 spiro atoms. The fourth-order valence-corrected chi connectivity index (χ4v) is 5.79. The van der Waals surface area contributed by atoms with E-state index in [-0.39, 0.29) is 22.8 Å². The van der Waals surface area contributed by atoms with Gasteiger partial charge in [-0.25, -0.2) is 0 Å². The molecule has 8 heteroatoms. The number of likely N-dealkylation sites (tertiary alicyclic amines) is 2. The van der Waals surface area contributed by atoms with Crippen LogP contribution in [0.4, 0.5) is 0 Å². The Hall–Kier alpha value is -2.19. The van der Waals surface area contributed by atoms with Gasteiger partial charge in [0.2, 0.25) is 5.91 Å². The van der Waals surface area contributed by atoms with Crippen LogP contribution in [0.2, 0.25) is 0 Å². The topological polar surface area (TPSA) is 82.1 Å². The Bertz CT molecular complexity index is 982. The first-order valence-electron chi connectivity index (χ1n) is 11.2. The maximum atomic E-state index is 12.8. The van der Waals surface area contributed by atoms with E-state index in [0.29, 0.717) is 37.3 Å². The van der Waals surface area contributed by atoms with Crippen molar-refractivity contribution in [1.29, 1.82) is 0 Å². The van der Waals surface area contributed by atoms with Gasteiger partial charge in [0.05, 0.1) is 0 Å². The second kappa shape index (κ2) is 9.12. The van der Waals surface area contributed by atoms with Crippen LogP contribution in [0.1, 0.15) is 45.1 Å². The normalized spacial score (nSPS) is 22.0. The molecule has 0 aliphatic carbocycles. The van der Waals surface area contributed by atoms with Crippen molar-refractivity contribution >= 4 is 21.8 Å². The molecule has 0 atom stereocenters. The van der Waals surface area contributed by atoms with E-state index in [1.165, 1.54) is 5.57 Å². The number of sulfonamides is 1. The molecule has 1 N–H and O–H groups in total. The highest BCUT2D eigenvalue weighted by Crippen LogP contribution is 2.29. The Kier molecular flexibility index (Phi) is 6.48. The monoisotopic (exact) mass is 444 g/mol. The van der Waals surface area contributed by atoms with Crippen LogP contribution in [0.15, 0.2) is 45.2 Å². The fourth-order valence-electron chi connectivity index (χ4n) is 4.56. The van der Waals surface area contributed by atoms with Crippen LogP contribution in [0, 0.1) is 5.92 Å². The summed E-state index contributed by atoms with van der Waals surface area (Å²) in [5.74, 6) is 0.649. The third-order valence-corrected chi connectivity index (χ3v) is 7.79. The van der Waals surface area contributed by atoms with Crippen LogP contribution in [0.3, 0.4) is 0 Å². The molecule has 0 unspecified atom stereocenters. The maximum Gasteiger partial charge on any atom is 0.285 e. The SMILES string of the molecule is CC(C)=CCN1CCC(NC(=O)C2CCN(C3=NS(=O)(=O)c4ccccc43)CC2)CC1. The van der Waals surface area contributed by atoms with Crippen LogP contribution in [-0.2, 0) is 14.8 Å². The van der Waals surface area contributed by atoms with E-state index in [2.05, 4.69) is 34.5 Å². The summed E-state index contributed by atoms with van der Waals surface area (Å²) in [6.07, 6.45) is 5.67. The summed E-state index contributed by atoms with van der Waals surface area (Å²) < 4.78 is 28.6. The third kappa shape index (κ3) is 5.01. The van der Waals surface area contributed by atoms with Crippen LogP contribution in [0.25, 0.3) is 0 Å². The number of amidine groups is 1. The van der Waals surface area contributed by atoms with Crippen LogP contribution < -0.4 is 5.32 Å². The number of carbonyl (C=O) groups excluding carboxylic acids is 1. The molecule has 0 aromatic heterocycles. The zero-order chi connectivity index (χ0) is 22.0. The Labute approximate surface area is 185 Å². The second-order valence-corrected chi connectivity index (χ2v) is 10.6. The van der Waals surface area contributed by atoms with Crippen molar-refractivity contribution in [3.05, 3.63) is 41.5 Å². The molecule has 3 heterocycles. The van der Waals surface area contributed by atoms with Gasteiger partial charge in [-0.15, -0.1) is 4.40 Å². The number of benzene rings is 1. The van der Waals surface area contributed by atoms with Gasteiger partial charge in [0, 0.05) is 50.2 Å². The Balaban J connectivity index is 1.27. The van der Waals surface area contributed by atoms with Crippen molar-refractivity contribution < 1.29 is 13.2 Å². The molecule has 1 amide bonds. The van der Waals surface area contributed by atoms with Crippen molar-refractivity contribution in [2.45, 2.75) is 50.5 Å². The van der Waals surface area contributed by atoms with Crippen LogP contribution >= 0.6 is 0 Å². The minimum absolute atomic E-state index is 0.0196. The summed E-state index contributed by atoms with van der Waals surface area (Å²) in [4.78, 5) is 17.5. The predicted molar refractivity (Wildman–Crippen MR) is 121 cm³/mol. The third-order valence-electron chi connectivity index (χ3n) is 6.47. The quantitative estimate of drug-likeness (QED) is 0.721. The van der Waals surface area contributed by atoms with Gasteiger partial charge in [-0.3, -0.25) is 9.69 Å². The standard InChI is InChI=1S/C23H32N4O3S/c1-17(2)7-12-26-13-10-19(11-14-26)24-23(28)18-8-15-27(16-9-18)22-20-5-3-4-6-21(20)31(29,30)25-22/h3-7,18-19H,8-16H2,1-2H3,(H,24,28). The lowest BCUT2D eigenvalue weighted by atomic mass is 9.94. The summed E-state index contributed by atoms with van der Waals surface area (Å²) in [7, 11) is -3.61. The van der Waals surface area contributed by atoms with E-state index >= 15 is 0 Å². The molecule has 3 aliphatic rings. The lowest BCUT2D eigenvalue weighted by Crippen LogP contribution is -2.48. The molecule has 1 aromatic rings. The summed E-state index contributed by atoms with van der Waals surface area (Å²) in [5.41, 5.74) is 2.01. The molecule has 168 valence electrons. The van der Waals surface area contributed by atoms with E-state index in [4.69, 9.17) is 0 Å². The van der Waals surface area contributed by atoms with Crippen molar-refractivity contribution in [2.24, 2.45) is 10.3 Å². The molecule has 1 aromatic carbocycles. The molecule has 0 saturated carbocycles. The second-order valence-electron chi connectivity index (χ2n) is 9.01. The van der Waals surface area contributed by atoms with Crippen molar-refractivity contribution in [1.82, 2.24) is 15.1 Å². The molecule has 0 bridgehead atoms. The van der Waals surface area contributed by atoms with E-state index in [1.54, 1.807) is 12.1 Å². The molecule has 7 nitrogen and oxygen atoms in total. The van der Waals surface area contributed by atoms with Gasteiger partial charge < -0.3 is 10.2 Å². The number of amides is 1. The molecule has 2 saturated heterocycles. The molecular weight excluding hydrogens is 412 g/mol. The lowest BCUT2D eigenvalue weighted by molar-refractivity contribution is -0.127. The molecule has 31 heavy (non-hydrogen) atoms. The maximum absolute atomic E-state index is 12.8. The van der Waals surface area contributed by atoms with E-state index < -0.39 is 10.0 Å². The number of piperidine rings is 2. The van der Waals surface area contributed by atoms with Crippen LogP contribution in [0.5, 0.6) is 0 Å². The van der Waals surface area contributed by atoms with Crippen molar-refractivity contribution in [3.8, 4) is 0 Å². The molecule has 2 fully saturated rings. The van der Waals surface area contributed by atoms with E-state index in [1.807, 2.05) is 17.0 Å². The Morgan fingerprint density at radius 3 is 2.45 bits per heavy atom. The summed E-state index contributed by atoms with van der Waals surface area (Å²) in [5, 5.41) is 3.26. The minimum Gasteiger partial charge on any atom is -0.355 e. The Morgan fingerprint density at radius 2 is 1.77 bits per heavy atom. The van der Waals surface area contributed by atoms with Gasteiger partial charge in [0.15, 0.2) is 5.84 Å². The Morgan fingerprint density at radius 1 is 1.10 bits per heavy atom. The number of hydrogen-bond acceptors (Lipinski definition) is 5. The number of allylic oxidation sites excluding steroid dienone is 1. The summed E-state index contributed by atoms with van der Waals surface area (Å²) in [6, 6.07) is 7.22. The van der Waals surface area contributed by atoms with Gasteiger partial charge >= 0.3 is 0 Å². The molecule has 4 rings (SSSR count). The first kappa shape index (κ1) is 22.0. The molecular formula is C23H32N4O3S. The first-order valence-corrected chi connectivity index (χ1v) is 12.6.